The zero-order chi connectivity index (χ0) is 25.3. The first kappa shape index (κ1) is 28.4. The molecule has 0 atom stereocenters. The highest BCUT2D eigenvalue weighted by atomic mass is 16.6. The molecule has 0 N–H and O–H groups in total. The Bertz CT molecular complexity index is 898. The average Bonchev–Trinajstić information content (AvgIpc) is 2.83. The quantitative estimate of drug-likeness (QED) is 0.110. The monoisotopic (exact) mass is 483 g/mol. The maximum absolute atomic E-state index is 6.05. The molecule has 0 amide bonds. The van der Waals surface area contributed by atoms with Crippen LogP contribution < -0.4 is 9.47 Å². The number of benzene rings is 2. The van der Waals surface area contributed by atoms with E-state index >= 15 is 0 Å². The fraction of sp³-hybridized carbons (Fsp3) is 0.483. The van der Waals surface area contributed by atoms with Gasteiger partial charge in [0.1, 0.15) is 25.2 Å². The van der Waals surface area contributed by atoms with Gasteiger partial charge in [-0.2, -0.15) is 0 Å². The first-order valence-corrected chi connectivity index (χ1v) is 12.3. The fourth-order valence-electron chi connectivity index (χ4n) is 3.54. The molecule has 0 fully saturated rings. The summed E-state index contributed by atoms with van der Waals surface area (Å²) in [6, 6.07) is 12.4. The van der Waals surface area contributed by atoms with E-state index in [-0.39, 0.29) is 0 Å². The Hall–Kier alpha value is -2.83. The van der Waals surface area contributed by atoms with Gasteiger partial charge in [0.25, 0.3) is 0 Å². The molecule has 6 nitrogen and oxygen atoms in total. The van der Waals surface area contributed by atoms with Gasteiger partial charge in [-0.3, -0.25) is 0 Å². The predicted molar refractivity (Wildman–Crippen MR) is 141 cm³/mol. The topological polar surface area (TPSA) is 58.5 Å². The summed E-state index contributed by atoms with van der Waals surface area (Å²) in [5.74, 6) is 1.85. The standard InChI is InChI=1S/C29H41NO5/c1-6-7-16-34-28-18-23(2)29(24(3)19-28)35-17-10-8-9-15-32-21-26-11-13-27(14-12-26)22-33-20-25(4)30-31-5/h6-7,11-14,18-19H,8-10,15-17,20-22H2,1-5H3/b7-6+,30-25+. The van der Waals surface area contributed by atoms with Crippen LogP contribution in [0.1, 0.15) is 55.4 Å². The Morgan fingerprint density at radius 2 is 1.49 bits per heavy atom. The van der Waals surface area contributed by atoms with Crippen LogP contribution >= 0.6 is 0 Å². The van der Waals surface area contributed by atoms with Crippen molar-refractivity contribution in [3.63, 3.8) is 0 Å². The molecule has 0 unspecified atom stereocenters. The third-order valence-corrected chi connectivity index (χ3v) is 5.31. The normalized spacial score (nSPS) is 11.7. The summed E-state index contributed by atoms with van der Waals surface area (Å²) in [7, 11) is 1.53. The van der Waals surface area contributed by atoms with Crippen molar-refractivity contribution in [2.24, 2.45) is 5.16 Å². The second-order valence-electron chi connectivity index (χ2n) is 8.55. The summed E-state index contributed by atoms with van der Waals surface area (Å²) in [4.78, 5) is 4.72. The molecule has 0 spiro atoms. The summed E-state index contributed by atoms with van der Waals surface area (Å²) in [6.45, 7) is 11.7. The number of nitrogens with zero attached hydrogens (tertiary/aromatic N) is 1. The third-order valence-electron chi connectivity index (χ3n) is 5.31. The molecule has 2 aromatic carbocycles. The molecule has 0 aliphatic carbocycles. The van der Waals surface area contributed by atoms with E-state index in [0.717, 1.165) is 59.8 Å². The number of allylic oxidation sites excluding steroid dienone is 1. The lowest BCUT2D eigenvalue weighted by molar-refractivity contribution is 0.115. The maximum atomic E-state index is 6.05. The van der Waals surface area contributed by atoms with Crippen molar-refractivity contribution in [2.45, 2.75) is 60.2 Å². The third kappa shape index (κ3) is 11.4. The van der Waals surface area contributed by atoms with Gasteiger partial charge in [-0.15, -0.1) is 0 Å². The molecule has 0 heterocycles. The summed E-state index contributed by atoms with van der Waals surface area (Å²) >= 11 is 0. The lowest BCUT2D eigenvalue weighted by Gasteiger charge is -2.14. The van der Waals surface area contributed by atoms with Crippen molar-refractivity contribution >= 4 is 5.71 Å². The summed E-state index contributed by atoms with van der Waals surface area (Å²) in [6.07, 6.45) is 7.08. The highest BCUT2D eigenvalue weighted by Crippen LogP contribution is 2.28. The molecule has 2 rings (SSSR count). The Labute approximate surface area is 210 Å². The number of oxime groups is 1. The van der Waals surface area contributed by atoms with Crippen LogP contribution in [0.25, 0.3) is 0 Å². The van der Waals surface area contributed by atoms with Gasteiger partial charge in [0.15, 0.2) is 0 Å². The molecule has 0 aromatic heterocycles. The molecule has 6 heteroatoms. The largest absolute Gasteiger partial charge is 0.493 e. The Balaban J connectivity index is 1.57. The highest BCUT2D eigenvalue weighted by Gasteiger charge is 2.07. The van der Waals surface area contributed by atoms with Crippen LogP contribution in [0.4, 0.5) is 0 Å². The van der Waals surface area contributed by atoms with E-state index in [4.69, 9.17) is 23.8 Å². The van der Waals surface area contributed by atoms with Gasteiger partial charge in [-0.1, -0.05) is 41.6 Å². The zero-order valence-corrected chi connectivity index (χ0v) is 22.0. The Kier molecular flexibility index (Phi) is 13.6. The van der Waals surface area contributed by atoms with Crippen LogP contribution in [-0.4, -0.2) is 39.2 Å². The van der Waals surface area contributed by atoms with Gasteiger partial charge in [0, 0.05) is 6.61 Å². The van der Waals surface area contributed by atoms with Crippen LogP contribution in [0.15, 0.2) is 53.7 Å². The van der Waals surface area contributed by atoms with Gasteiger partial charge in [-0.05, 0) is 81.3 Å². The van der Waals surface area contributed by atoms with Gasteiger partial charge < -0.3 is 23.8 Å². The van der Waals surface area contributed by atoms with E-state index in [9.17, 15) is 0 Å². The molecular formula is C29H41NO5. The maximum Gasteiger partial charge on any atom is 0.125 e. The minimum atomic E-state index is 0.460. The number of hydrogen-bond donors (Lipinski definition) is 0. The molecule has 0 saturated carbocycles. The smallest absolute Gasteiger partial charge is 0.125 e. The van der Waals surface area contributed by atoms with Crippen molar-refractivity contribution in [3.05, 3.63) is 70.8 Å². The molecular weight excluding hydrogens is 442 g/mol. The first-order chi connectivity index (χ1) is 17.0. The SMILES string of the molecule is C/C=C/COc1cc(C)c(OCCCCCOCc2ccc(COC/C(C)=N/OC)cc2)c(C)c1. The van der Waals surface area contributed by atoms with Crippen LogP contribution in [0.5, 0.6) is 11.5 Å². The van der Waals surface area contributed by atoms with E-state index in [1.165, 1.54) is 12.7 Å². The van der Waals surface area contributed by atoms with Crippen LogP contribution in [0.2, 0.25) is 0 Å². The van der Waals surface area contributed by atoms with Gasteiger partial charge in [0.05, 0.1) is 32.1 Å². The summed E-state index contributed by atoms with van der Waals surface area (Å²) in [5.41, 5.74) is 5.32. The zero-order valence-electron chi connectivity index (χ0n) is 22.0. The number of aryl methyl sites for hydroxylation is 2. The molecule has 0 aliphatic rings. The van der Waals surface area contributed by atoms with Crippen molar-refractivity contribution in [1.82, 2.24) is 0 Å². The van der Waals surface area contributed by atoms with Crippen LogP contribution in [0.3, 0.4) is 0 Å². The van der Waals surface area contributed by atoms with E-state index in [0.29, 0.717) is 33.0 Å². The predicted octanol–water partition coefficient (Wildman–Crippen LogP) is 6.56. The number of ether oxygens (including phenoxy) is 4. The van der Waals surface area contributed by atoms with Gasteiger partial charge in [0.2, 0.25) is 0 Å². The van der Waals surface area contributed by atoms with E-state index in [1.807, 2.05) is 38.1 Å². The van der Waals surface area contributed by atoms with Crippen molar-refractivity contribution in [2.75, 3.05) is 33.5 Å². The van der Waals surface area contributed by atoms with Crippen LogP contribution in [0, 0.1) is 13.8 Å². The van der Waals surface area contributed by atoms with E-state index < -0.39 is 0 Å². The van der Waals surface area contributed by atoms with Gasteiger partial charge >= 0.3 is 0 Å². The second-order valence-corrected chi connectivity index (χ2v) is 8.55. The Morgan fingerprint density at radius 3 is 2.11 bits per heavy atom. The minimum Gasteiger partial charge on any atom is -0.493 e. The molecule has 0 aliphatic heterocycles. The first-order valence-electron chi connectivity index (χ1n) is 12.3. The highest BCUT2D eigenvalue weighted by molar-refractivity contribution is 5.82. The lowest BCUT2D eigenvalue weighted by atomic mass is 10.1. The average molecular weight is 484 g/mol. The fourth-order valence-corrected chi connectivity index (χ4v) is 3.54. The van der Waals surface area contributed by atoms with Crippen molar-refractivity contribution in [1.29, 1.82) is 0 Å². The molecule has 0 saturated heterocycles. The van der Waals surface area contributed by atoms with E-state index in [2.05, 4.69) is 43.3 Å². The van der Waals surface area contributed by atoms with Crippen molar-refractivity contribution < 1.29 is 23.8 Å². The van der Waals surface area contributed by atoms with Crippen molar-refractivity contribution in [3.8, 4) is 11.5 Å². The molecule has 2 aromatic rings. The second kappa shape index (κ2) is 16.7. The van der Waals surface area contributed by atoms with E-state index in [1.54, 1.807) is 0 Å². The molecule has 0 radical (unpaired) electrons. The van der Waals surface area contributed by atoms with Crippen LogP contribution in [-0.2, 0) is 27.5 Å². The number of hydrogen-bond acceptors (Lipinski definition) is 6. The molecule has 192 valence electrons. The minimum absolute atomic E-state index is 0.460. The summed E-state index contributed by atoms with van der Waals surface area (Å²) < 4.78 is 23.3. The Morgan fingerprint density at radius 1 is 0.857 bits per heavy atom. The molecule has 35 heavy (non-hydrogen) atoms. The summed E-state index contributed by atoms with van der Waals surface area (Å²) in [5, 5.41) is 3.83. The number of unbranched alkanes of at least 4 members (excludes halogenated alkanes) is 2. The number of rotatable bonds is 17. The van der Waals surface area contributed by atoms with Gasteiger partial charge in [-0.25, -0.2) is 0 Å². The molecule has 0 bridgehead atoms. The lowest BCUT2D eigenvalue weighted by Crippen LogP contribution is -2.05.